The van der Waals surface area contributed by atoms with Crippen LogP contribution in [0.5, 0.6) is 0 Å². The van der Waals surface area contributed by atoms with Gasteiger partial charge in [-0.15, -0.1) is 0 Å². The largest absolute Gasteiger partial charge is 0.381 e. The third-order valence-corrected chi connectivity index (χ3v) is 4.32. The molecule has 5 heteroatoms. The first-order valence-electron chi connectivity index (χ1n) is 8.95. The van der Waals surface area contributed by atoms with Gasteiger partial charge in [0.05, 0.1) is 18.0 Å². The summed E-state index contributed by atoms with van der Waals surface area (Å²) in [4.78, 5) is 16.4. The molecular weight excluding hydrogens is 314 g/mol. The second-order valence-electron chi connectivity index (χ2n) is 6.29. The molecule has 1 aliphatic heterocycles. The number of carbonyl (C=O) groups is 1. The zero-order valence-corrected chi connectivity index (χ0v) is 14.4. The number of ether oxygens (including phenoxy) is 1. The highest BCUT2D eigenvalue weighted by Crippen LogP contribution is 2.13. The molecule has 1 atom stereocenters. The number of nitrogens with one attached hydrogen (secondary N) is 2. The molecule has 25 heavy (non-hydrogen) atoms. The summed E-state index contributed by atoms with van der Waals surface area (Å²) in [6.45, 7) is 2.29. The predicted octanol–water partition coefficient (Wildman–Crippen LogP) is 3.04. The molecule has 1 aromatic carbocycles. The lowest BCUT2D eigenvalue weighted by atomic mass is 10.1. The Morgan fingerprint density at radius 2 is 2.08 bits per heavy atom. The summed E-state index contributed by atoms with van der Waals surface area (Å²) in [6, 6.07) is 13.9. The van der Waals surface area contributed by atoms with E-state index in [1.165, 1.54) is 5.56 Å². The van der Waals surface area contributed by atoms with Crippen molar-refractivity contribution in [2.24, 2.45) is 0 Å². The van der Waals surface area contributed by atoms with Crippen molar-refractivity contribution < 1.29 is 9.53 Å². The average Bonchev–Trinajstić information content (AvgIpc) is 3.18. The van der Waals surface area contributed by atoms with Crippen LogP contribution in [0.1, 0.15) is 35.3 Å². The Balaban J connectivity index is 1.38. The van der Waals surface area contributed by atoms with Crippen LogP contribution in [0, 0.1) is 0 Å². The number of nitrogens with zero attached hydrogens (tertiary/aromatic N) is 1. The van der Waals surface area contributed by atoms with E-state index in [0.717, 1.165) is 44.5 Å². The first kappa shape index (κ1) is 17.4. The highest BCUT2D eigenvalue weighted by atomic mass is 16.5. The first-order valence-corrected chi connectivity index (χ1v) is 8.95. The van der Waals surface area contributed by atoms with E-state index in [0.29, 0.717) is 12.2 Å². The van der Waals surface area contributed by atoms with Crippen LogP contribution >= 0.6 is 0 Å². The molecular formula is C20H25N3O2. The van der Waals surface area contributed by atoms with Gasteiger partial charge >= 0.3 is 0 Å². The third kappa shape index (κ3) is 5.57. The fourth-order valence-corrected chi connectivity index (χ4v) is 2.90. The Bertz CT molecular complexity index is 652. The van der Waals surface area contributed by atoms with Crippen LogP contribution in [0.4, 0.5) is 5.69 Å². The van der Waals surface area contributed by atoms with Gasteiger partial charge in [-0.3, -0.25) is 4.79 Å². The lowest BCUT2D eigenvalue weighted by Gasteiger charge is -2.12. The number of benzene rings is 1. The van der Waals surface area contributed by atoms with Gasteiger partial charge in [0.25, 0.3) is 5.91 Å². The van der Waals surface area contributed by atoms with Crippen molar-refractivity contribution in [3.63, 3.8) is 0 Å². The Morgan fingerprint density at radius 3 is 2.80 bits per heavy atom. The smallest absolute Gasteiger partial charge is 0.269 e. The quantitative estimate of drug-likeness (QED) is 0.726. The summed E-state index contributed by atoms with van der Waals surface area (Å²) in [5, 5.41) is 6.23. The number of rotatable bonds is 8. The van der Waals surface area contributed by atoms with Gasteiger partial charge in [-0.25, -0.2) is 4.98 Å². The van der Waals surface area contributed by atoms with Gasteiger partial charge in [-0.1, -0.05) is 30.3 Å². The van der Waals surface area contributed by atoms with Crippen molar-refractivity contribution in [1.82, 2.24) is 10.3 Å². The predicted molar refractivity (Wildman–Crippen MR) is 98.8 cm³/mol. The summed E-state index contributed by atoms with van der Waals surface area (Å²) >= 11 is 0. The van der Waals surface area contributed by atoms with Crippen molar-refractivity contribution >= 4 is 11.6 Å². The van der Waals surface area contributed by atoms with Gasteiger partial charge in [0.2, 0.25) is 0 Å². The minimum atomic E-state index is -0.126. The fourth-order valence-electron chi connectivity index (χ4n) is 2.90. The second-order valence-corrected chi connectivity index (χ2v) is 6.29. The molecule has 1 amide bonds. The van der Waals surface area contributed by atoms with Crippen LogP contribution in [0.25, 0.3) is 0 Å². The molecule has 1 aromatic heterocycles. The monoisotopic (exact) mass is 339 g/mol. The van der Waals surface area contributed by atoms with E-state index in [4.69, 9.17) is 4.74 Å². The third-order valence-electron chi connectivity index (χ3n) is 4.32. The van der Waals surface area contributed by atoms with E-state index in [1.54, 1.807) is 12.3 Å². The number of amides is 1. The van der Waals surface area contributed by atoms with Crippen LogP contribution < -0.4 is 10.6 Å². The lowest BCUT2D eigenvalue weighted by molar-refractivity contribution is 0.0948. The van der Waals surface area contributed by atoms with Gasteiger partial charge < -0.3 is 15.4 Å². The Kier molecular flexibility index (Phi) is 6.40. The van der Waals surface area contributed by atoms with Crippen molar-refractivity contribution in [2.75, 3.05) is 25.0 Å². The summed E-state index contributed by atoms with van der Waals surface area (Å²) in [7, 11) is 0. The summed E-state index contributed by atoms with van der Waals surface area (Å²) in [5.74, 6) is -0.126. The fraction of sp³-hybridized carbons (Fsp3) is 0.400. The number of aromatic nitrogens is 1. The molecule has 0 aliphatic carbocycles. The van der Waals surface area contributed by atoms with Gasteiger partial charge in [0.15, 0.2) is 0 Å². The van der Waals surface area contributed by atoms with Crippen molar-refractivity contribution in [1.29, 1.82) is 0 Å². The van der Waals surface area contributed by atoms with E-state index in [1.807, 2.05) is 24.3 Å². The molecule has 132 valence electrons. The van der Waals surface area contributed by atoms with Crippen molar-refractivity contribution in [3.8, 4) is 0 Å². The summed E-state index contributed by atoms with van der Waals surface area (Å²) < 4.78 is 5.58. The highest BCUT2D eigenvalue weighted by molar-refractivity contribution is 5.92. The number of aryl methyl sites for hydroxylation is 1. The standard InChI is InChI=1S/C20H25N3O2/c24-20(21-12-4-8-16-6-2-1-3-7-16)19-11-10-17(14-23-19)22-15-18-9-5-13-25-18/h1-3,6-7,10-11,14,18,22H,4-5,8-9,12-13,15H2,(H,21,24). The van der Waals surface area contributed by atoms with Crippen LogP contribution in [-0.2, 0) is 11.2 Å². The topological polar surface area (TPSA) is 63.2 Å². The number of hydrogen-bond donors (Lipinski definition) is 2. The molecule has 1 saturated heterocycles. The first-order chi connectivity index (χ1) is 12.3. The summed E-state index contributed by atoms with van der Waals surface area (Å²) in [6.07, 6.45) is 6.09. The molecule has 5 nitrogen and oxygen atoms in total. The highest BCUT2D eigenvalue weighted by Gasteiger charge is 2.15. The van der Waals surface area contributed by atoms with Crippen molar-refractivity contribution in [2.45, 2.75) is 31.8 Å². The Labute approximate surface area is 148 Å². The maximum atomic E-state index is 12.1. The maximum absolute atomic E-state index is 12.1. The van der Waals surface area contributed by atoms with Crippen LogP contribution in [-0.4, -0.2) is 36.7 Å². The lowest BCUT2D eigenvalue weighted by Crippen LogP contribution is -2.25. The molecule has 0 radical (unpaired) electrons. The number of anilines is 1. The number of carbonyl (C=O) groups excluding carboxylic acids is 1. The minimum absolute atomic E-state index is 0.126. The molecule has 2 heterocycles. The van der Waals surface area contributed by atoms with Crippen LogP contribution in [0.2, 0.25) is 0 Å². The zero-order chi connectivity index (χ0) is 17.3. The van der Waals surface area contributed by atoms with Crippen LogP contribution in [0.15, 0.2) is 48.7 Å². The molecule has 1 aliphatic rings. The molecule has 0 saturated carbocycles. The normalized spacial score (nSPS) is 16.6. The molecule has 1 fully saturated rings. The van der Waals surface area contributed by atoms with E-state index in [2.05, 4.69) is 27.8 Å². The van der Waals surface area contributed by atoms with E-state index in [9.17, 15) is 4.79 Å². The SMILES string of the molecule is O=C(NCCCc1ccccc1)c1ccc(NCC2CCCO2)cn1. The number of hydrogen-bond acceptors (Lipinski definition) is 4. The molecule has 0 spiro atoms. The van der Waals surface area contributed by atoms with Gasteiger partial charge in [0.1, 0.15) is 5.69 Å². The van der Waals surface area contributed by atoms with Crippen molar-refractivity contribution in [3.05, 3.63) is 59.9 Å². The van der Waals surface area contributed by atoms with E-state index >= 15 is 0 Å². The Morgan fingerprint density at radius 1 is 1.20 bits per heavy atom. The molecule has 3 rings (SSSR count). The Hall–Kier alpha value is -2.40. The second kappa shape index (κ2) is 9.18. The van der Waals surface area contributed by atoms with Crippen LogP contribution in [0.3, 0.4) is 0 Å². The maximum Gasteiger partial charge on any atom is 0.269 e. The van der Waals surface area contributed by atoms with Gasteiger partial charge in [-0.2, -0.15) is 0 Å². The average molecular weight is 339 g/mol. The van der Waals surface area contributed by atoms with Gasteiger partial charge in [-0.05, 0) is 43.4 Å². The van der Waals surface area contributed by atoms with E-state index in [-0.39, 0.29) is 12.0 Å². The molecule has 2 aromatic rings. The zero-order valence-electron chi connectivity index (χ0n) is 14.4. The van der Waals surface area contributed by atoms with Gasteiger partial charge in [0, 0.05) is 19.7 Å². The molecule has 2 N–H and O–H groups in total. The molecule has 1 unspecified atom stereocenters. The van der Waals surface area contributed by atoms with E-state index < -0.39 is 0 Å². The summed E-state index contributed by atoms with van der Waals surface area (Å²) in [5.41, 5.74) is 2.65. The number of pyridine rings is 1. The molecule has 0 bridgehead atoms. The minimum Gasteiger partial charge on any atom is -0.381 e.